The summed E-state index contributed by atoms with van der Waals surface area (Å²) in [6.07, 6.45) is 2.44. The van der Waals surface area contributed by atoms with Crippen LogP contribution in [0.25, 0.3) is 0 Å². The summed E-state index contributed by atoms with van der Waals surface area (Å²) in [4.78, 5) is 10.1. The molecule has 94 valence electrons. The standard InChI is InChI=1S/C11H14BrNO4/c12-10-5-4-9(13(15)16)8-11(10)17-7-3-1-2-6-14/h4-5,8,14H,1-3,6-7H2. The van der Waals surface area contributed by atoms with Crippen LogP contribution in [-0.2, 0) is 0 Å². The topological polar surface area (TPSA) is 72.6 Å². The van der Waals surface area contributed by atoms with Crippen LogP contribution in [-0.4, -0.2) is 23.2 Å². The lowest BCUT2D eigenvalue weighted by atomic mass is 10.2. The summed E-state index contributed by atoms with van der Waals surface area (Å²) in [7, 11) is 0. The molecule has 1 N–H and O–H groups in total. The zero-order chi connectivity index (χ0) is 12.7. The van der Waals surface area contributed by atoms with E-state index < -0.39 is 4.92 Å². The minimum atomic E-state index is -0.453. The van der Waals surface area contributed by atoms with Crippen LogP contribution in [0.2, 0.25) is 0 Å². The van der Waals surface area contributed by atoms with Crippen LogP contribution in [0.5, 0.6) is 5.75 Å². The third kappa shape index (κ3) is 4.70. The van der Waals surface area contributed by atoms with Crippen molar-refractivity contribution < 1.29 is 14.8 Å². The molecule has 0 aliphatic rings. The van der Waals surface area contributed by atoms with Crippen LogP contribution in [0.1, 0.15) is 19.3 Å². The van der Waals surface area contributed by atoms with Crippen LogP contribution in [0.15, 0.2) is 22.7 Å². The van der Waals surface area contributed by atoms with Gasteiger partial charge >= 0.3 is 0 Å². The monoisotopic (exact) mass is 303 g/mol. The van der Waals surface area contributed by atoms with Gasteiger partial charge in [-0.25, -0.2) is 0 Å². The number of halogens is 1. The van der Waals surface area contributed by atoms with Gasteiger partial charge in [-0.3, -0.25) is 10.1 Å². The molecule has 0 aliphatic heterocycles. The Bertz CT molecular complexity index is 384. The molecular formula is C11H14BrNO4. The van der Waals surface area contributed by atoms with Gasteiger partial charge in [0.1, 0.15) is 5.75 Å². The van der Waals surface area contributed by atoms with Gasteiger partial charge in [-0.2, -0.15) is 0 Å². The summed E-state index contributed by atoms with van der Waals surface area (Å²) in [5.41, 5.74) is 0.0126. The van der Waals surface area contributed by atoms with Crippen molar-refractivity contribution in [1.82, 2.24) is 0 Å². The van der Waals surface area contributed by atoms with Gasteiger partial charge in [-0.15, -0.1) is 0 Å². The highest BCUT2D eigenvalue weighted by molar-refractivity contribution is 9.10. The SMILES string of the molecule is O=[N+]([O-])c1ccc(Br)c(OCCCCCO)c1. The molecule has 0 radical (unpaired) electrons. The molecule has 0 spiro atoms. The van der Waals surface area contributed by atoms with Crippen molar-refractivity contribution in [3.8, 4) is 5.75 Å². The predicted octanol–water partition coefficient (Wildman–Crippen LogP) is 2.90. The summed E-state index contributed by atoms with van der Waals surface area (Å²) >= 11 is 3.27. The molecule has 5 nitrogen and oxygen atoms in total. The van der Waals surface area contributed by atoms with Gasteiger partial charge in [0.2, 0.25) is 0 Å². The predicted molar refractivity (Wildman–Crippen MR) is 67.2 cm³/mol. The van der Waals surface area contributed by atoms with Crippen LogP contribution < -0.4 is 4.74 Å². The van der Waals surface area contributed by atoms with Crippen LogP contribution in [0.3, 0.4) is 0 Å². The fourth-order valence-electron chi connectivity index (χ4n) is 1.29. The number of non-ortho nitro benzene ring substituents is 1. The van der Waals surface area contributed by atoms with Gasteiger partial charge in [-0.05, 0) is 41.3 Å². The second kappa shape index (κ2) is 7.24. The van der Waals surface area contributed by atoms with E-state index >= 15 is 0 Å². The van der Waals surface area contributed by atoms with Crippen molar-refractivity contribution in [2.24, 2.45) is 0 Å². The first-order chi connectivity index (χ1) is 8.15. The van der Waals surface area contributed by atoms with E-state index in [9.17, 15) is 10.1 Å². The molecule has 0 saturated carbocycles. The zero-order valence-electron chi connectivity index (χ0n) is 9.26. The molecule has 6 heteroatoms. The second-order valence-corrected chi connectivity index (χ2v) is 4.36. The maximum atomic E-state index is 10.6. The van der Waals surface area contributed by atoms with Crippen molar-refractivity contribution in [2.45, 2.75) is 19.3 Å². The smallest absolute Gasteiger partial charge is 0.273 e. The van der Waals surface area contributed by atoms with Crippen LogP contribution >= 0.6 is 15.9 Å². The highest BCUT2D eigenvalue weighted by Crippen LogP contribution is 2.29. The van der Waals surface area contributed by atoms with E-state index in [2.05, 4.69) is 15.9 Å². The quantitative estimate of drug-likeness (QED) is 0.477. The van der Waals surface area contributed by atoms with Gasteiger partial charge in [-0.1, -0.05) is 0 Å². The molecule has 0 atom stereocenters. The Hall–Kier alpha value is -1.14. The summed E-state index contributed by atoms with van der Waals surface area (Å²) in [6.45, 7) is 0.667. The molecule has 1 aromatic carbocycles. The summed E-state index contributed by atoms with van der Waals surface area (Å²) in [6, 6.07) is 4.42. The van der Waals surface area contributed by atoms with E-state index in [4.69, 9.17) is 9.84 Å². The highest BCUT2D eigenvalue weighted by Gasteiger charge is 2.10. The first-order valence-electron chi connectivity index (χ1n) is 5.32. The van der Waals surface area contributed by atoms with E-state index in [1.165, 1.54) is 12.1 Å². The van der Waals surface area contributed by atoms with E-state index in [1.54, 1.807) is 6.07 Å². The van der Waals surface area contributed by atoms with Gasteiger partial charge in [0.25, 0.3) is 5.69 Å². The highest BCUT2D eigenvalue weighted by atomic mass is 79.9. The molecule has 1 aromatic rings. The van der Waals surface area contributed by atoms with Crippen LogP contribution in [0.4, 0.5) is 5.69 Å². The van der Waals surface area contributed by atoms with Crippen molar-refractivity contribution in [2.75, 3.05) is 13.2 Å². The molecule has 0 unspecified atom stereocenters. The molecule has 0 saturated heterocycles. The molecule has 0 aromatic heterocycles. The average molecular weight is 304 g/mol. The molecule has 0 fully saturated rings. The Morgan fingerprint density at radius 3 is 2.76 bits per heavy atom. The molecular weight excluding hydrogens is 290 g/mol. The minimum Gasteiger partial charge on any atom is -0.492 e. The summed E-state index contributed by atoms with van der Waals surface area (Å²) < 4.78 is 6.14. The number of nitrogens with zero attached hydrogens (tertiary/aromatic N) is 1. The Labute approximate surface area is 108 Å². The lowest BCUT2D eigenvalue weighted by Gasteiger charge is -2.07. The third-order valence-electron chi connectivity index (χ3n) is 2.19. The molecule has 0 bridgehead atoms. The van der Waals surface area contributed by atoms with Gasteiger partial charge < -0.3 is 9.84 Å². The first kappa shape index (κ1) is 13.9. The number of ether oxygens (including phenoxy) is 1. The fourth-order valence-corrected chi connectivity index (χ4v) is 1.65. The molecule has 1 rings (SSSR count). The minimum absolute atomic E-state index is 0.0126. The number of rotatable bonds is 7. The van der Waals surface area contributed by atoms with Crippen molar-refractivity contribution in [3.05, 3.63) is 32.8 Å². The maximum absolute atomic E-state index is 10.6. The molecule has 0 aliphatic carbocycles. The Morgan fingerprint density at radius 1 is 1.35 bits per heavy atom. The number of unbranched alkanes of at least 4 members (excludes halogenated alkanes) is 2. The van der Waals surface area contributed by atoms with Crippen LogP contribution in [0, 0.1) is 10.1 Å². The van der Waals surface area contributed by atoms with Crippen molar-refractivity contribution in [3.63, 3.8) is 0 Å². The Morgan fingerprint density at radius 2 is 2.12 bits per heavy atom. The summed E-state index contributed by atoms with van der Waals surface area (Å²) in [5.74, 6) is 0.475. The zero-order valence-corrected chi connectivity index (χ0v) is 10.9. The number of benzene rings is 1. The van der Waals surface area contributed by atoms with E-state index in [-0.39, 0.29) is 12.3 Å². The normalized spacial score (nSPS) is 10.2. The Kier molecular flexibility index (Phi) is 5.93. The van der Waals surface area contributed by atoms with E-state index in [1.807, 2.05) is 0 Å². The number of aliphatic hydroxyl groups is 1. The van der Waals surface area contributed by atoms with Gasteiger partial charge in [0.05, 0.1) is 22.1 Å². The third-order valence-corrected chi connectivity index (χ3v) is 2.84. The maximum Gasteiger partial charge on any atom is 0.273 e. The van der Waals surface area contributed by atoms with Crippen molar-refractivity contribution in [1.29, 1.82) is 0 Å². The van der Waals surface area contributed by atoms with E-state index in [0.29, 0.717) is 16.8 Å². The second-order valence-electron chi connectivity index (χ2n) is 3.50. The Balaban J connectivity index is 2.51. The number of nitro groups is 1. The number of hydrogen-bond donors (Lipinski definition) is 1. The lowest BCUT2D eigenvalue weighted by Crippen LogP contribution is -1.99. The number of hydrogen-bond acceptors (Lipinski definition) is 4. The number of aliphatic hydroxyl groups excluding tert-OH is 1. The van der Waals surface area contributed by atoms with Gasteiger partial charge in [0.15, 0.2) is 0 Å². The first-order valence-corrected chi connectivity index (χ1v) is 6.12. The fraction of sp³-hybridized carbons (Fsp3) is 0.455. The van der Waals surface area contributed by atoms with E-state index in [0.717, 1.165) is 19.3 Å². The van der Waals surface area contributed by atoms with Gasteiger partial charge in [0, 0.05) is 12.7 Å². The number of nitro benzene ring substituents is 1. The molecule has 17 heavy (non-hydrogen) atoms. The average Bonchev–Trinajstić information content (AvgIpc) is 2.30. The summed E-state index contributed by atoms with van der Waals surface area (Å²) in [5, 5.41) is 19.2. The largest absolute Gasteiger partial charge is 0.492 e. The lowest BCUT2D eigenvalue weighted by molar-refractivity contribution is -0.385. The van der Waals surface area contributed by atoms with Crippen molar-refractivity contribution >= 4 is 21.6 Å². The molecule has 0 amide bonds. The molecule has 0 heterocycles.